The molecule has 1 fully saturated rings. The standard InChI is InChI=1S/C15H22N2OS/c1-11-8-17(10-15(2,3)18-11)9-12-4-6-13(7-5-12)14(16)19/h4-7,11H,8-10H2,1-3H3,(H2,16,19). The number of benzene rings is 1. The summed E-state index contributed by atoms with van der Waals surface area (Å²) in [5, 5.41) is 0. The van der Waals surface area contributed by atoms with Crippen molar-refractivity contribution in [2.24, 2.45) is 5.73 Å². The number of morpholine rings is 1. The second kappa shape index (κ2) is 5.57. The minimum Gasteiger partial charge on any atom is -0.389 e. The summed E-state index contributed by atoms with van der Waals surface area (Å²) in [4.78, 5) is 2.89. The molecule has 2 rings (SSSR count). The molecule has 1 aromatic carbocycles. The Balaban J connectivity index is 2.02. The second-order valence-corrected chi connectivity index (χ2v) is 6.36. The molecule has 2 N–H and O–H groups in total. The van der Waals surface area contributed by atoms with Crippen molar-refractivity contribution in [2.45, 2.75) is 39.0 Å². The van der Waals surface area contributed by atoms with Gasteiger partial charge in [-0.2, -0.15) is 0 Å². The van der Waals surface area contributed by atoms with Crippen molar-refractivity contribution >= 4 is 17.2 Å². The number of hydrogen-bond donors (Lipinski definition) is 1. The minimum atomic E-state index is -0.0730. The van der Waals surface area contributed by atoms with Gasteiger partial charge in [0.15, 0.2) is 0 Å². The van der Waals surface area contributed by atoms with Crippen molar-refractivity contribution in [1.29, 1.82) is 0 Å². The quantitative estimate of drug-likeness (QED) is 0.861. The molecule has 0 amide bonds. The molecular formula is C15H22N2OS. The van der Waals surface area contributed by atoms with Crippen LogP contribution < -0.4 is 5.73 Å². The van der Waals surface area contributed by atoms with Crippen molar-refractivity contribution in [1.82, 2.24) is 4.90 Å². The molecule has 1 aliphatic rings. The topological polar surface area (TPSA) is 38.5 Å². The third-order valence-corrected chi connectivity index (χ3v) is 3.52. The van der Waals surface area contributed by atoms with E-state index in [0.29, 0.717) is 4.99 Å². The van der Waals surface area contributed by atoms with E-state index < -0.39 is 0 Å². The van der Waals surface area contributed by atoms with Gasteiger partial charge >= 0.3 is 0 Å². The largest absolute Gasteiger partial charge is 0.389 e. The first-order valence-electron chi connectivity index (χ1n) is 6.65. The number of nitrogens with zero attached hydrogens (tertiary/aromatic N) is 1. The molecule has 1 heterocycles. The highest BCUT2D eigenvalue weighted by Crippen LogP contribution is 2.22. The number of nitrogens with two attached hydrogens (primary N) is 1. The van der Waals surface area contributed by atoms with Gasteiger partial charge in [-0.05, 0) is 26.3 Å². The Labute approximate surface area is 120 Å². The Kier molecular flexibility index (Phi) is 4.23. The SMILES string of the molecule is CC1CN(Cc2ccc(C(N)=S)cc2)CC(C)(C)O1. The van der Waals surface area contributed by atoms with Crippen LogP contribution >= 0.6 is 12.2 Å². The van der Waals surface area contributed by atoms with E-state index in [4.69, 9.17) is 22.7 Å². The first kappa shape index (κ1) is 14.4. The summed E-state index contributed by atoms with van der Waals surface area (Å²) in [6.07, 6.45) is 0.277. The van der Waals surface area contributed by atoms with Crippen LogP contribution in [0.15, 0.2) is 24.3 Å². The lowest BCUT2D eigenvalue weighted by Crippen LogP contribution is -2.51. The molecule has 0 aromatic heterocycles. The van der Waals surface area contributed by atoms with Crippen LogP contribution in [0.25, 0.3) is 0 Å². The maximum absolute atomic E-state index is 5.92. The van der Waals surface area contributed by atoms with E-state index in [1.54, 1.807) is 0 Å². The summed E-state index contributed by atoms with van der Waals surface area (Å²) in [6.45, 7) is 9.28. The summed E-state index contributed by atoms with van der Waals surface area (Å²) in [6, 6.07) is 8.18. The van der Waals surface area contributed by atoms with Crippen molar-refractivity contribution in [3.8, 4) is 0 Å². The van der Waals surface area contributed by atoms with Crippen LogP contribution in [-0.4, -0.2) is 34.7 Å². The fourth-order valence-electron chi connectivity index (χ4n) is 2.74. The fraction of sp³-hybridized carbons (Fsp3) is 0.533. The van der Waals surface area contributed by atoms with E-state index in [0.717, 1.165) is 25.2 Å². The molecule has 104 valence electrons. The Morgan fingerprint density at radius 3 is 2.58 bits per heavy atom. The summed E-state index contributed by atoms with van der Waals surface area (Å²) in [7, 11) is 0. The molecular weight excluding hydrogens is 256 g/mol. The van der Waals surface area contributed by atoms with Crippen molar-refractivity contribution in [2.75, 3.05) is 13.1 Å². The zero-order chi connectivity index (χ0) is 14.0. The van der Waals surface area contributed by atoms with Gasteiger partial charge in [-0.1, -0.05) is 36.5 Å². The molecule has 3 nitrogen and oxygen atoms in total. The van der Waals surface area contributed by atoms with Gasteiger partial charge in [0.2, 0.25) is 0 Å². The third kappa shape index (κ3) is 4.00. The van der Waals surface area contributed by atoms with Crippen LogP contribution in [0.4, 0.5) is 0 Å². The number of hydrogen-bond acceptors (Lipinski definition) is 3. The Bertz CT molecular complexity index is 456. The zero-order valence-corrected chi connectivity index (χ0v) is 12.7. The van der Waals surface area contributed by atoms with Gasteiger partial charge in [0, 0.05) is 25.2 Å². The molecule has 0 aliphatic carbocycles. The highest BCUT2D eigenvalue weighted by molar-refractivity contribution is 7.80. The highest BCUT2D eigenvalue weighted by atomic mass is 32.1. The van der Waals surface area contributed by atoms with Gasteiger partial charge < -0.3 is 10.5 Å². The van der Waals surface area contributed by atoms with Crippen LogP contribution in [0.5, 0.6) is 0 Å². The summed E-state index contributed by atoms with van der Waals surface area (Å²) >= 11 is 4.96. The molecule has 4 heteroatoms. The highest BCUT2D eigenvalue weighted by Gasteiger charge is 2.30. The first-order valence-corrected chi connectivity index (χ1v) is 7.05. The first-order chi connectivity index (χ1) is 8.85. The molecule has 0 bridgehead atoms. The van der Waals surface area contributed by atoms with Gasteiger partial charge in [-0.3, -0.25) is 4.90 Å². The lowest BCUT2D eigenvalue weighted by atomic mass is 10.0. The van der Waals surface area contributed by atoms with Gasteiger partial charge in [-0.25, -0.2) is 0 Å². The van der Waals surface area contributed by atoms with Crippen LogP contribution in [0.2, 0.25) is 0 Å². The Hall–Kier alpha value is -0.970. The van der Waals surface area contributed by atoms with Crippen LogP contribution in [0, 0.1) is 0 Å². The monoisotopic (exact) mass is 278 g/mol. The maximum atomic E-state index is 5.92. The summed E-state index contributed by atoms with van der Waals surface area (Å²) < 4.78 is 5.92. The van der Waals surface area contributed by atoms with E-state index in [-0.39, 0.29) is 11.7 Å². The molecule has 0 radical (unpaired) electrons. The van der Waals surface area contributed by atoms with Gasteiger partial charge in [0.05, 0.1) is 11.7 Å². The zero-order valence-electron chi connectivity index (χ0n) is 11.8. The van der Waals surface area contributed by atoms with E-state index in [9.17, 15) is 0 Å². The van der Waals surface area contributed by atoms with Crippen LogP contribution in [0.3, 0.4) is 0 Å². The number of ether oxygens (including phenoxy) is 1. The van der Waals surface area contributed by atoms with Crippen LogP contribution in [-0.2, 0) is 11.3 Å². The third-order valence-electron chi connectivity index (χ3n) is 3.28. The van der Waals surface area contributed by atoms with Crippen molar-refractivity contribution in [3.63, 3.8) is 0 Å². The van der Waals surface area contributed by atoms with E-state index in [2.05, 4.69) is 37.8 Å². The molecule has 0 spiro atoms. The van der Waals surface area contributed by atoms with Crippen molar-refractivity contribution < 1.29 is 4.74 Å². The molecule has 1 saturated heterocycles. The molecule has 1 aromatic rings. The van der Waals surface area contributed by atoms with E-state index in [1.165, 1.54) is 5.56 Å². The molecule has 1 unspecified atom stereocenters. The average molecular weight is 278 g/mol. The predicted octanol–water partition coefficient (Wildman–Crippen LogP) is 2.32. The number of thiocarbonyl (C=S) groups is 1. The summed E-state index contributed by atoms with van der Waals surface area (Å²) in [5.41, 5.74) is 7.74. The predicted molar refractivity (Wildman–Crippen MR) is 82.2 cm³/mol. The number of rotatable bonds is 3. The lowest BCUT2D eigenvalue weighted by Gasteiger charge is -2.41. The molecule has 1 atom stereocenters. The second-order valence-electron chi connectivity index (χ2n) is 5.92. The lowest BCUT2D eigenvalue weighted by molar-refractivity contribution is -0.130. The van der Waals surface area contributed by atoms with E-state index in [1.807, 2.05) is 12.1 Å². The van der Waals surface area contributed by atoms with Gasteiger partial charge in [-0.15, -0.1) is 0 Å². The van der Waals surface area contributed by atoms with Crippen LogP contribution in [0.1, 0.15) is 31.9 Å². The minimum absolute atomic E-state index is 0.0730. The van der Waals surface area contributed by atoms with E-state index >= 15 is 0 Å². The van der Waals surface area contributed by atoms with Gasteiger partial charge in [0.25, 0.3) is 0 Å². The fourth-order valence-corrected chi connectivity index (χ4v) is 2.87. The maximum Gasteiger partial charge on any atom is 0.103 e. The molecule has 19 heavy (non-hydrogen) atoms. The summed E-state index contributed by atoms with van der Waals surface area (Å²) in [5.74, 6) is 0. The molecule has 1 aliphatic heterocycles. The normalized spacial score (nSPS) is 23.2. The molecule has 0 saturated carbocycles. The average Bonchev–Trinajstić information content (AvgIpc) is 2.26. The smallest absolute Gasteiger partial charge is 0.103 e. The Morgan fingerprint density at radius 1 is 1.42 bits per heavy atom. The Morgan fingerprint density at radius 2 is 2.05 bits per heavy atom. The van der Waals surface area contributed by atoms with Crippen molar-refractivity contribution in [3.05, 3.63) is 35.4 Å². The van der Waals surface area contributed by atoms with Gasteiger partial charge in [0.1, 0.15) is 4.99 Å².